The Morgan fingerprint density at radius 3 is 2.35 bits per heavy atom. The molecule has 0 radical (unpaired) electrons. The van der Waals surface area contributed by atoms with Gasteiger partial charge < -0.3 is 10.2 Å². The van der Waals surface area contributed by atoms with Gasteiger partial charge in [0.15, 0.2) is 5.69 Å². The fraction of sp³-hybridized carbons (Fsp3) is 0.222. The first kappa shape index (κ1) is 23.2. The van der Waals surface area contributed by atoms with Crippen molar-refractivity contribution in [3.8, 4) is 9.88 Å². The highest BCUT2D eigenvalue weighted by Crippen LogP contribution is 2.42. The van der Waals surface area contributed by atoms with Crippen LogP contribution in [-0.2, 0) is 16.2 Å². The van der Waals surface area contributed by atoms with Crippen molar-refractivity contribution in [2.75, 3.05) is 0 Å². The molecule has 166 valence electrons. The van der Waals surface area contributed by atoms with Gasteiger partial charge in [0, 0.05) is 17.3 Å². The molecule has 0 aliphatic heterocycles. The standard InChI is InChI=1S/C17H13F3N2O2S3.CH2O3/c18-17(19,20)14-9-25-16(21-14)13-6-7-15(26-13)27(23,24)22-12-8-11(12)10-4-2-1-3-5-10;2-1(3)4/h1-7,9,11-12,22H,8H2;(H2,2,3,4)/t11-,12+;/m1./s1. The van der Waals surface area contributed by atoms with Gasteiger partial charge in [0.05, 0.1) is 4.88 Å². The van der Waals surface area contributed by atoms with Crippen molar-refractivity contribution in [2.24, 2.45) is 0 Å². The first-order chi connectivity index (χ1) is 14.5. The fourth-order valence-corrected chi connectivity index (χ4v) is 6.26. The van der Waals surface area contributed by atoms with Crippen LogP contribution in [0.3, 0.4) is 0 Å². The Kier molecular flexibility index (Phi) is 6.69. The topological polar surface area (TPSA) is 117 Å². The third-order valence-corrected chi connectivity index (χ3v) is 8.25. The number of hydrogen-bond acceptors (Lipinski definition) is 6. The van der Waals surface area contributed by atoms with Crippen molar-refractivity contribution < 1.29 is 36.6 Å². The second kappa shape index (κ2) is 8.94. The molecule has 0 saturated heterocycles. The number of nitrogens with zero attached hydrogens (tertiary/aromatic N) is 1. The van der Waals surface area contributed by atoms with Crippen molar-refractivity contribution in [1.29, 1.82) is 0 Å². The summed E-state index contributed by atoms with van der Waals surface area (Å²) in [4.78, 5) is 12.5. The number of thiazole rings is 1. The van der Waals surface area contributed by atoms with Gasteiger partial charge in [-0.25, -0.2) is 22.9 Å². The molecule has 7 nitrogen and oxygen atoms in total. The van der Waals surface area contributed by atoms with E-state index in [1.807, 2.05) is 30.3 Å². The molecule has 1 fully saturated rings. The van der Waals surface area contributed by atoms with Crippen LogP contribution in [0.5, 0.6) is 0 Å². The molecule has 0 unspecified atom stereocenters. The van der Waals surface area contributed by atoms with E-state index in [1.54, 1.807) is 0 Å². The molecule has 0 amide bonds. The predicted octanol–water partition coefficient (Wildman–Crippen LogP) is 4.95. The first-order valence-corrected chi connectivity index (χ1v) is 11.8. The minimum atomic E-state index is -4.51. The maximum absolute atomic E-state index is 12.7. The molecule has 1 saturated carbocycles. The van der Waals surface area contributed by atoms with Gasteiger partial charge in [0.2, 0.25) is 10.0 Å². The number of benzene rings is 1. The van der Waals surface area contributed by atoms with Crippen LogP contribution >= 0.6 is 22.7 Å². The van der Waals surface area contributed by atoms with Gasteiger partial charge in [0.25, 0.3) is 0 Å². The summed E-state index contributed by atoms with van der Waals surface area (Å²) in [6.45, 7) is 0. The normalized spacial score (nSPS) is 18.2. The first-order valence-electron chi connectivity index (χ1n) is 8.59. The number of hydrogen-bond donors (Lipinski definition) is 3. The average molecular weight is 493 g/mol. The molecular formula is C18H15F3N2O5S3. The summed E-state index contributed by atoms with van der Waals surface area (Å²) in [7, 11) is -3.72. The van der Waals surface area contributed by atoms with E-state index >= 15 is 0 Å². The van der Waals surface area contributed by atoms with E-state index < -0.39 is 28.0 Å². The smallest absolute Gasteiger partial charge is 0.450 e. The average Bonchev–Trinajstić information content (AvgIpc) is 3.10. The molecule has 3 N–H and O–H groups in total. The molecule has 0 bridgehead atoms. The summed E-state index contributed by atoms with van der Waals surface area (Å²) in [5.41, 5.74) is 0.113. The number of alkyl halides is 3. The molecule has 3 aromatic rings. The zero-order valence-corrected chi connectivity index (χ0v) is 17.9. The molecule has 4 rings (SSSR count). The van der Waals surface area contributed by atoms with Gasteiger partial charge in [-0.1, -0.05) is 30.3 Å². The Morgan fingerprint density at radius 1 is 1.13 bits per heavy atom. The van der Waals surface area contributed by atoms with Crippen molar-refractivity contribution in [3.63, 3.8) is 0 Å². The lowest BCUT2D eigenvalue weighted by Crippen LogP contribution is -2.26. The summed E-state index contributed by atoms with van der Waals surface area (Å²) in [6.07, 6.45) is -5.62. The molecule has 0 spiro atoms. The number of halogens is 3. The summed E-state index contributed by atoms with van der Waals surface area (Å²) in [6, 6.07) is 12.4. The van der Waals surface area contributed by atoms with Gasteiger partial charge in [-0.15, -0.1) is 22.7 Å². The molecule has 1 aliphatic rings. The predicted molar refractivity (Wildman–Crippen MR) is 109 cm³/mol. The zero-order chi connectivity index (χ0) is 22.8. The monoisotopic (exact) mass is 492 g/mol. The summed E-state index contributed by atoms with van der Waals surface area (Å²) >= 11 is 1.76. The highest BCUT2D eigenvalue weighted by atomic mass is 32.2. The lowest BCUT2D eigenvalue weighted by molar-refractivity contribution is -0.140. The Morgan fingerprint density at radius 2 is 1.77 bits per heavy atom. The zero-order valence-electron chi connectivity index (χ0n) is 15.4. The highest BCUT2D eigenvalue weighted by Gasteiger charge is 2.41. The van der Waals surface area contributed by atoms with Gasteiger partial charge in [-0.05, 0) is 24.1 Å². The molecule has 1 aliphatic carbocycles. The Bertz CT molecular complexity index is 1160. The third kappa shape index (κ3) is 6.03. The third-order valence-electron chi connectivity index (χ3n) is 4.18. The van der Waals surface area contributed by atoms with E-state index in [-0.39, 0.29) is 21.2 Å². The SMILES string of the molecule is O=C(O)O.O=S(=O)(N[C@H]1C[C@@H]1c1ccccc1)c1ccc(-c2nc(C(F)(F)F)cs2)s1. The summed E-state index contributed by atoms with van der Waals surface area (Å²) < 4.78 is 65.9. The van der Waals surface area contributed by atoms with E-state index in [4.69, 9.17) is 15.0 Å². The molecule has 1 aromatic carbocycles. The Hall–Kier alpha value is -2.48. The number of rotatable bonds is 5. The van der Waals surface area contributed by atoms with Crippen molar-refractivity contribution in [3.05, 3.63) is 59.1 Å². The number of nitrogens with one attached hydrogen (secondary N) is 1. The van der Waals surface area contributed by atoms with Gasteiger partial charge in [-0.2, -0.15) is 13.2 Å². The van der Waals surface area contributed by atoms with Crippen LogP contribution in [0.2, 0.25) is 0 Å². The van der Waals surface area contributed by atoms with E-state index in [2.05, 4.69) is 9.71 Å². The Balaban J connectivity index is 0.000000628. The van der Waals surface area contributed by atoms with Crippen molar-refractivity contribution in [1.82, 2.24) is 9.71 Å². The van der Waals surface area contributed by atoms with Crippen LogP contribution in [0, 0.1) is 0 Å². The van der Waals surface area contributed by atoms with E-state index in [9.17, 15) is 21.6 Å². The van der Waals surface area contributed by atoms with Crippen LogP contribution in [0.25, 0.3) is 9.88 Å². The van der Waals surface area contributed by atoms with Crippen LogP contribution in [-0.4, -0.2) is 35.8 Å². The number of carbonyl (C=O) groups is 1. The maximum Gasteiger partial charge on any atom is 0.503 e. The van der Waals surface area contributed by atoms with E-state index in [0.29, 0.717) is 4.88 Å². The molecule has 2 atom stereocenters. The van der Waals surface area contributed by atoms with Gasteiger partial charge in [-0.3, -0.25) is 0 Å². The lowest BCUT2D eigenvalue weighted by atomic mass is 10.1. The van der Waals surface area contributed by atoms with Crippen LogP contribution in [0.1, 0.15) is 23.6 Å². The van der Waals surface area contributed by atoms with Crippen LogP contribution in [0.15, 0.2) is 52.1 Å². The Labute approximate surface area is 182 Å². The summed E-state index contributed by atoms with van der Waals surface area (Å²) in [5.74, 6) is 0.147. The maximum atomic E-state index is 12.7. The van der Waals surface area contributed by atoms with Crippen LogP contribution in [0.4, 0.5) is 18.0 Å². The molecule has 2 heterocycles. The number of aromatic nitrogens is 1. The fourth-order valence-electron chi connectivity index (χ4n) is 2.75. The summed E-state index contributed by atoms with van der Waals surface area (Å²) in [5, 5.41) is 15.0. The number of sulfonamides is 1. The van der Waals surface area contributed by atoms with Crippen molar-refractivity contribution >= 4 is 38.9 Å². The van der Waals surface area contributed by atoms with E-state index in [1.165, 1.54) is 12.1 Å². The van der Waals surface area contributed by atoms with Crippen molar-refractivity contribution in [2.45, 2.75) is 28.8 Å². The molecule has 31 heavy (non-hydrogen) atoms. The lowest BCUT2D eigenvalue weighted by Gasteiger charge is -2.04. The largest absolute Gasteiger partial charge is 0.503 e. The second-order valence-corrected chi connectivity index (χ2v) is 10.3. The van der Waals surface area contributed by atoms with Gasteiger partial charge >= 0.3 is 12.3 Å². The minimum absolute atomic E-state index is 0.0694. The van der Waals surface area contributed by atoms with Gasteiger partial charge in [0.1, 0.15) is 9.22 Å². The second-order valence-electron chi connectivity index (χ2n) is 6.42. The minimum Gasteiger partial charge on any atom is -0.450 e. The van der Waals surface area contributed by atoms with Crippen LogP contribution < -0.4 is 4.72 Å². The molecule has 2 aromatic heterocycles. The quantitative estimate of drug-likeness (QED) is 0.464. The molecule has 13 heteroatoms. The highest BCUT2D eigenvalue weighted by molar-refractivity contribution is 7.91. The van der Waals surface area contributed by atoms with E-state index in [0.717, 1.165) is 40.0 Å². The number of carboxylic acid groups (broad SMARTS) is 2. The number of thiophene rings is 1. The molecular weight excluding hydrogens is 477 g/mol.